The van der Waals surface area contributed by atoms with E-state index in [1.165, 1.54) is 6.07 Å². The maximum atomic E-state index is 13.8. The van der Waals surface area contributed by atoms with Gasteiger partial charge in [-0.05, 0) is 44.2 Å². The topological polar surface area (TPSA) is 62.1 Å². The number of hydrogen-bond acceptors (Lipinski definition) is 3. The van der Waals surface area contributed by atoms with Gasteiger partial charge in [0.05, 0.1) is 12.2 Å². The van der Waals surface area contributed by atoms with Crippen molar-refractivity contribution in [3.8, 4) is 11.3 Å². The molecule has 0 fully saturated rings. The summed E-state index contributed by atoms with van der Waals surface area (Å²) in [4.78, 5) is 14.3. The van der Waals surface area contributed by atoms with Gasteiger partial charge in [-0.3, -0.25) is 9.89 Å². The number of nitrogens with one attached hydrogen (secondary N) is 1. The van der Waals surface area contributed by atoms with Gasteiger partial charge in [0.25, 0.3) is 5.91 Å². The first-order chi connectivity index (χ1) is 11.6. The molecule has 0 saturated carbocycles. The van der Waals surface area contributed by atoms with E-state index in [4.69, 9.17) is 4.42 Å². The molecule has 1 N–H and O–H groups in total. The highest BCUT2D eigenvalue weighted by atomic mass is 19.1. The molecule has 0 atom stereocenters. The number of hydrogen-bond donors (Lipinski definition) is 1. The van der Waals surface area contributed by atoms with Gasteiger partial charge < -0.3 is 9.32 Å². The van der Waals surface area contributed by atoms with E-state index < -0.39 is 0 Å². The number of aromatic nitrogens is 2. The minimum atomic E-state index is -0.374. The van der Waals surface area contributed by atoms with E-state index in [1.54, 1.807) is 29.2 Å². The molecule has 0 radical (unpaired) electrons. The molecule has 0 saturated heterocycles. The molecule has 24 heavy (non-hydrogen) atoms. The lowest BCUT2D eigenvalue weighted by Gasteiger charge is -2.18. The van der Waals surface area contributed by atoms with Crippen molar-refractivity contribution in [3.63, 3.8) is 0 Å². The van der Waals surface area contributed by atoms with Crippen molar-refractivity contribution < 1.29 is 13.6 Å². The summed E-state index contributed by atoms with van der Waals surface area (Å²) in [5, 5.41) is 6.76. The quantitative estimate of drug-likeness (QED) is 0.776. The summed E-state index contributed by atoms with van der Waals surface area (Å²) < 4.78 is 19.4. The summed E-state index contributed by atoms with van der Waals surface area (Å²) in [5.41, 5.74) is 1.08. The second-order valence-corrected chi connectivity index (χ2v) is 5.48. The normalized spacial score (nSPS) is 10.8. The van der Waals surface area contributed by atoms with Crippen LogP contribution in [0.3, 0.4) is 0 Å². The number of aryl methyl sites for hydroxylation is 1. The van der Waals surface area contributed by atoms with Crippen LogP contribution >= 0.6 is 0 Å². The Morgan fingerprint density at radius 3 is 2.75 bits per heavy atom. The first-order valence-electron chi connectivity index (χ1n) is 7.73. The monoisotopic (exact) mass is 327 g/mol. The minimum Gasteiger partial charge on any atom is -0.464 e. The van der Waals surface area contributed by atoms with Crippen LogP contribution in [0.2, 0.25) is 0 Å². The van der Waals surface area contributed by atoms with Gasteiger partial charge in [0.1, 0.15) is 23.0 Å². The molecule has 0 spiro atoms. The molecule has 0 aliphatic heterocycles. The molecule has 2 heterocycles. The van der Waals surface area contributed by atoms with Gasteiger partial charge in [-0.2, -0.15) is 5.10 Å². The molecule has 1 amide bonds. The molecule has 124 valence electrons. The van der Waals surface area contributed by atoms with Crippen molar-refractivity contribution in [1.29, 1.82) is 0 Å². The highest BCUT2D eigenvalue weighted by Gasteiger charge is 2.19. The van der Waals surface area contributed by atoms with Crippen LogP contribution < -0.4 is 0 Å². The van der Waals surface area contributed by atoms with Crippen LogP contribution in [0.15, 0.2) is 46.9 Å². The molecule has 3 aromatic rings. The molecule has 0 unspecified atom stereocenters. The second-order valence-electron chi connectivity index (χ2n) is 5.48. The summed E-state index contributed by atoms with van der Waals surface area (Å²) in [6.45, 7) is 4.64. The Bertz CT molecular complexity index is 853. The van der Waals surface area contributed by atoms with Crippen LogP contribution in [0.5, 0.6) is 0 Å². The number of H-pyrrole nitrogens is 1. The van der Waals surface area contributed by atoms with Crippen molar-refractivity contribution in [2.45, 2.75) is 20.4 Å². The molecule has 0 aliphatic carbocycles. The highest BCUT2D eigenvalue weighted by Crippen LogP contribution is 2.21. The fourth-order valence-corrected chi connectivity index (χ4v) is 2.49. The first kappa shape index (κ1) is 16.0. The lowest BCUT2D eigenvalue weighted by atomic mass is 10.1. The number of aromatic amines is 1. The number of furan rings is 1. The average Bonchev–Trinajstić information content (AvgIpc) is 3.21. The average molecular weight is 327 g/mol. The van der Waals surface area contributed by atoms with E-state index in [2.05, 4.69) is 10.2 Å². The van der Waals surface area contributed by atoms with Crippen LogP contribution in [-0.4, -0.2) is 27.5 Å². The lowest BCUT2D eigenvalue weighted by Crippen LogP contribution is -2.30. The highest BCUT2D eigenvalue weighted by molar-refractivity contribution is 5.93. The minimum absolute atomic E-state index is 0.207. The zero-order valence-electron chi connectivity index (χ0n) is 13.5. The summed E-state index contributed by atoms with van der Waals surface area (Å²) in [6, 6.07) is 11.6. The Morgan fingerprint density at radius 2 is 2.08 bits per heavy atom. The van der Waals surface area contributed by atoms with E-state index in [0.717, 1.165) is 11.5 Å². The van der Waals surface area contributed by atoms with Crippen LogP contribution in [0, 0.1) is 12.7 Å². The standard InChI is InChI=1S/C18H18FN3O2/c1-3-22(11-13-9-8-12(2)24-13)18(23)17-10-16(20-21-17)14-6-4-5-7-15(14)19/h4-10H,3,11H2,1-2H3,(H,20,21). The number of halogens is 1. The smallest absolute Gasteiger partial charge is 0.272 e. The summed E-state index contributed by atoms with van der Waals surface area (Å²) >= 11 is 0. The second kappa shape index (κ2) is 6.70. The van der Waals surface area contributed by atoms with Gasteiger partial charge in [-0.1, -0.05) is 12.1 Å². The zero-order valence-corrected chi connectivity index (χ0v) is 13.5. The Balaban J connectivity index is 1.80. The maximum absolute atomic E-state index is 13.8. The van der Waals surface area contributed by atoms with Gasteiger partial charge >= 0.3 is 0 Å². The number of benzene rings is 1. The third-order valence-electron chi connectivity index (χ3n) is 3.77. The van der Waals surface area contributed by atoms with E-state index >= 15 is 0 Å². The Kier molecular flexibility index (Phi) is 4.46. The van der Waals surface area contributed by atoms with Crippen molar-refractivity contribution >= 4 is 5.91 Å². The molecule has 0 aliphatic rings. The number of nitrogens with zero attached hydrogens (tertiary/aromatic N) is 2. The molecule has 2 aromatic heterocycles. The van der Waals surface area contributed by atoms with E-state index in [1.807, 2.05) is 26.0 Å². The number of amides is 1. The molecule has 3 rings (SSSR count). The van der Waals surface area contributed by atoms with Gasteiger partial charge in [0.15, 0.2) is 0 Å². The molecular formula is C18H18FN3O2. The predicted molar refractivity (Wildman–Crippen MR) is 87.8 cm³/mol. The van der Waals surface area contributed by atoms with E-state index in [0.29, 0.717) is 30.0 Å². The van der Waals surface area contributed by atoms with Gasteiger partial charge in [-0.25, -0.2) is 4.39 Å². The van der Waals surface area contributed by atoms with E-state index in [-0.39, 0.29) is 11.7 Å². The molecule has 1 aromatic carbocycles. The number of carbonyl (C=O) groups is 1. The van der Waals surface area contributed by atoms with E-state index in [9.17, 15) is 9.18 Å². The van der Waals surface area contributed by atoms with Gasteiger partial charge in [-0.15, -0.1) is 0 Å². The predicted octanol–water partition coefficient (Wildman–Crippen LogP) is 3.78. The fourth-order valence-electron chi connectivity index (χ4n) is 2.49. The van der Waals surface area contributed by atoms with Crippen LogP contribution in [0.4, 0.5) is 4.39 Å². The van der Waals surface area contributed by atoms with Crippen molar-refractivity contribution in [2.24, 2.45) is 0 Å². The van der Waals surface area contributed by atoms with Crippen LogP contribution in [-0.2, 0) is 6.54 Å². The first-order valence-corrected chi connectivity index (χ1v) is 7.73. The van der Waals surface area contributed by atoms with Crippen LogP contribution in [0.1, 0.15) is 28.9 Å². The third kappa shape index (κ3) is 3.22. The molecule has 5 nitrogen and oxygen atoms in total. The SMILES string of the molecule is CCN(Cc1ccc(C)o1)C(=O)c1cc(-c2ccccc2F)n[nH]1. The van der Waals surface area contributed by atoms with Crippen molar-refractivity contribution in [2.75, 3.05) is 6.54 Å². The molecular weight excluding hydrogens is 309 g/mol. The lowest BCUT2D eigenvalue weighted by molar-refractivity contribution is 0.0735. The number of rotatable bonds is 5. The third-order valence-corrected chi connectivity index (χ3v) is 3.77. The summed E-state index contributed by atoms with van der Waals surface area (Å²) in [5.74, 6) is 0.941. The van der Waals surface area contributed by atoms with Gasteiger partial charge in [0.2, 0.25) is 0 Å². The molecule has 0 bridgehead atoms. The molecule has 6 heteroatoms. The Morgan fingerprint density at radius 1 is 1.29 bits per heavy atom. The van der Waals surface area contributed by atoms with Crippen molar-refractivity contribution in [3.05, 3.63) is 65.5 Å². The van der Waals surface area contributed by atoms with Crippen LogP contribution in [0.25, 0.3) is 11.3 Å². The zero-order chi connectivity index (χ0) is 17.1. The number of carbonyl (C=O) groups excluding carboxylic acids is 1. The van der Waals surface area contributed by atoms with Crippen molar-refractivity contribution in [1.82, 2.24) is 15.1 Å². The summed E-state index contributed by atoms with van der Waals surface area (Å²) in [6.07, 6.45) is 0. The maximum Gasteiger partial charge on any atom is 0.272 e. The largest absolute Gasteiger partial charge is 0.464 e. The fraction of sp³-hybridized carbons (Fsp3) is 0.222. The Hall–Kier alpha value is -2.89. The Labute approximate surface area is 139 Å². The summed E-state index contributed by atoms with van der Waals surface area (Å²) in [7, 11) is 0. The van der Waals surface area contributed by atoms with Gasteiger partial charge in [0, 0.05) is 12.1 Å².